The first kappa shape index (κ1) is 47.9. The third-order valence-electron chi connectivity index (χ3n) is 8.60. The molecule has 2 fully saturated rings. The van der Waals surface area contributed by atoms with Crippen molar-refractivity contribution in [3.05, 3.63) is 34.8 Å². The zero-order chi connectivity index (χ0) is 46.3. The maximum atomic E-state index is 14.5. The molecule has 0 bridgehead atoms. The lowest BCUT2D eigenvalue weighted by atomic mass is 9.90. The van der Waals surface area contributed by atoms with Crippen LogP contribution in [-0.4, -0.2) is 144 Å². The van der Waals surface area contributed by atoms with Crippen LogP contribution in [0.15, 0.2) is 23.7 Å². The van der Waals surface area contributed by atoms with Crippen molar-refractivity contribution in [1.82, 2.24) is 0 Å². The van der Waals surface area contributed by atoms with Crippen molar-refractivity contribution in [1.29, 1.82) is 0 Å². The number of ether oxygens (including phenoxy) is 12. The monoisotopic (exact) mass is 882 g/mol. The van der Waals surface area contributed by atoms with E-state index < -0.39 is 168 Å². The summed E-state index contributed by atoms with van der Waals surface area (Å²) in [6.45, 7) is 6.10. The lowest BCUT2D eigenvalue weighted by Crippen LogP contribution is -2.63. The van der Waals surface area contributed by atoms with Crippen molar-refractivity contribution in [2.45, 2.75) is 117 Å². The molecule has 0 spiro atoms. The van der Waals surface area contributed by atoms with E-state index in [4.69, 9.17) is 56.8 Å². The van der Waals surface area contributed by atoms with E-state index in [0.29, 0.717) is 0 Å². The summed E-state index contributed by atoms with van der Waals surface area (Å²) in [7, 11) is 0. The van der Waals surface area contributed by atoms with Gasteiger partial charge < -0.3 is 67.1 Å². The Hall–Kier alpha value is -6.82. The molecule has 0 radical (unpaired) electrons. The lowest BCUT2D eigenvalue weighted by Gasteiger charge is -2.45. The Morgan fingerprint density at radius 3 is 1.00 bits per heavy atom. The number of hydrogen-bond donors (Lipinski definition) is 2. The van der Waals surface area contributed by atoms with Crippen molar-refractivity contribution in [2.75, 3.05) is 13.2 Å². The first-order valence-electron chi connectivity index (χ1n) is 18.3. The highest BCUT2D eigenvalue weighted by molar-refractivity contribution is 6.27. The van der Waals surface area contributed by atoms with Crippen molar-refractivity contribution < 1.29 is 115 Å². The van der Waals surface area contributed by atoms with Gasteiger partial charge in [-0.25, -0.2) is 0 Å². The molecule has 10 atom stereocenters. The van der Waals surface area contributed by atoms with Gasteiger partial charge in [0.25, 0.3) is 0 Å². The molecule has 2 heterocycles. The number of phenols is 2. The van der Waals surface area contributed by atoms with E-state index in [-0.39, 0.29) is 0 Å². The van der Waals surface area contributed by atoms with Gasteiger partial charge in [-0.05, 0) is 12.1 Å². The number of ketones is 2. The molecule has 338 valence electrons. The average molecular weight is 883 g/mol. The Balaban J connectivity index is 1.98. The van der Waals surface area contributed by atoms with E-state index >= 15 is 0 Å². The molecule has 0 amide bonds. The van der Waals surface area contributed by atoms with E-state index in [9.17, 15) is 58.2 Å². The number of carbonyl (C=O) groups is 10. The Kier molecular flexibility index (Phi) is 15.6. The van der Waals surface area contributed by atoms with Crippen LogP contribution in [0.25, 0.3) is 0 Å². The number of phenolic OH excluding ortho intramolecular Hbond substituents is 2. The van der Waals surface area contributed by atoms with E-state index in [1.807, 2.05) is 0 Å². The minimum absolute atomic E-state index is 0.755. The van der Waals surface area contributed by atoms with Crippen LogP contribution >= 0.6 is 0 Å². The van der Waals surface area contributed by atoms with E-state index in [2.05, 4.69) is 0 Å². The van der Waals surface area contributed by atoms with E-state index in [0.717, 1.165) is 67.5 Å². The van der Waals surface area contributed by atoms with Gasteiger partial charge in [-0.15, -0.1) is 0 Å². The van der Waals surface area contributed by atoms with Gasteiger partial charge >= 0.3 is 47.8 Å². The van der Waals surface area contributed by atoms with E-state index in [1.54, 1.807) is 0 Å². The highest BCUT2D eigenvalue weighted by atomic mass is 16.8. The van der Waals surface area contributed by atoms with Crippen molar-refractivity contribution in [2.24, 2.45) is 0 Å². The average Bonchev–Trinajstić information content (AvgIpc) is 3.14. The van der Waals surface area contributed by atoms with Gasteiger partial charge in [-0.2, -0.15) is 0 Å². The number of aromatic hydroxyl groups is 2. The topological polar surface area (TPSA) is 322 Å². The largest absolute Gasteiger partial charge is 0.507 e. The summed E-state index contributed by atoms with van der Waals surface area (Å²) in [5.74, 6) is -15.1. The molecule has 3 aliphatic rings. The molecule has 62 heavy (non-hydrogen) atoms. The molecular weight excluding hydrogens is 840 g/mol. The molecular formula is C38H42O24. The molecule has 0 saturated carbocycles. The third kappa shape index (κ3) is 11.5. The van der Waals surface area contributed by atoms with Gasteiger partial charge in [0.15, 0.2) is 24.4 Å². The second-order valence-corrected chi connectivity index (χ2v) is 13.5. The SMILES string of the molecule is CC(=O)OCC1OC(OC2=C(OC3OC(COC(C)=O)C(OC(C)=O)C(OC(C)=O)C3OC(C)=O)C(=O)c3c(O)ccc(O)c3C2=O)C(OC(C)=O)C(OC(C)=O)C1OC(C)=O. The number of esters is 8. The fourth-order valence-electron chi connectivity index (χ4n) is 6.49. The summed E-state index contributed by atoms with van der Waals surface area (Å²) in [5, 5.41) is 21.6. The van der Waals surface area contributed by atoms with Gasteiger partial charge in [0, 0.05) is 55.4 Å². The highest BCUT2D eigenvalue weighted by Gasteiger charge is 2.57. The molecule has 24 heteroatoms. The molecule has 1 aromatic rings. The van der Waals surface area contributed by atoms with Crippen LogP contribution in [-0.2, 0) is 95.2 Å². The summed E-state index contributed by atoms with van der Waals surface area (Å²) >= 11 is 0. The van der Waals surface area contributed by atoms with Gasteiger partial charge in [0.05, 0.1) is 11.1 Å². The Bertz CT molecular complexity index is 1890. The maximum absolute atomic E-state index is 14.5. The predicted octanol–water partition coefficient (Wildman–Crippen LogP) is -0.112. The summed E-state index contributed by atoms with van der Waals surface area (Å²) in [6, 6.07) is 1.69. The maximum Gasteiger partial charge on any atom is 0.303 e. The zero-order valence-corrected chi connectivity index (χ0v) is 34.2. The Morgan fingerprint density at radius 1 is 0.452 bits per heavy atom. The second kappa shape index (κ2) is 20.2. The molecule has 4 rings (SSSR count). The molecule has 2 N–H and O–H groups in total. The van der Waals surface area contributed by atoms with Gasteiger partial charge in [-0.1, -0.05) is 0 Å². The molecule has 24 nitrogen and oxygen atoms in total. The van der Waals surface area contributed by atoms with Crippen LogP contribution < -0.4 is 0 Å². The van der Waals surface area contributed by atoms with Crippen molar-refractivity contribution in [3.8, 4) is 11.5 Å². The molecule has 0 aromatic heterocycles. The van der Waals surface area contributed by atoms with Gasteiger partial charge in [0.2, 0.25) is 47.9 Å². The number of hydrogen-bond acceptors (Lipinski definition) is 24. The highest BCUT2D eigenvalue weighted by Crippen LogP contribution is 2.42. The predicted molar refractivity (Wildman–Crippen MR) is 192 cm³/mol. The standard InChI is InChI=1S/C38H42O24/c1-13(39)51-11-23-29(53-15(3)41)33(55-17(5)43)35(57-19(7)45)37(59-23)61-31-27(49)25-21(47)9-10-22(48)26(25)28(50)32(31)62-38-36(58-20(8)46)34(56-18(6)44)30(54-16(4)42)24(60-38)12-52-14(2)40/h9-10,23-24,29-30,33-38,47-48H,11-12H2,1-8H3. The minimum atomic E-state index is -2.21. The number of allylic oxidation sites excluding steroid dienone is 2. The summed E-state index contributed by atoms with van der Waals surface area (Å²) in [6.07, 6.45) is -18.8. The number of benzene rings is 1. The summed E-state index contributed by atoms with van der Waals surface area (Å²) < 4.78 is 66.2. The first-order valence-corrected chi connectivity index (χ1v) is 18.3. The molecule has 2 aliphatic heterocycles. The van der Waals surface area contributed by atoms with Gasteiger partial charge in [-0.3, -0.25) is 47.9 Å². The summed E-state index contributed by atoms with van der Waals surface area (Å²) in [4.78, 5) is 127. The number of rotatable bonds is 14. The van der Waals surface area contributed by atoms with Crippen LogP contribution in [0.5, 0.6) is 11.5 Å². The number of Topliss-reactive ketones (excluding diaryl/α,β-unsaturated/α-hetero) is 2. The fourth-order valence-corrected chi connectivity index (χ4v) is 6.49. The summed E-state index contributed by atoms with van der Waals surface area (Å²) in [5.41, 5.74) is -1.74. The minimum Gasteiger partial charge on any atom is -0.507 e. The van der Waals surface area contributed by atoms with Crippen LogP contribution in [0.1, 0.15) is 76.1 Å². The Labute approximate surface area is 350 Å². The van der Waals surface area contributed by atoms with Gasteiger partial charge in [0.1, 0.15) is 36.9 Å². The third-order valence-corrected chi connectivity index (χ3v) is 8.60. The van der Waals surface area contributed by atoms with Crippen LogP contribution in [0.2, 0.25) is 0 Å². The smallest absolute Gasteiger partial charge is 0.303 e. The zero-order valence-electron chi connectivity index (χ0n) is 34.2. The first-order chi connectivity index (χ1) is 29.0. The van der Waals surface area contributed by atoms with Crippen LogP contribution in [0.4, 0.5) is 0 Å². The van der Waals surface area contributed by atoms with Crippen LogP contribution in [0.3, 0.4) is 0 Å². The normalized spacial score (nSPS) is 26.7. The Morgan fingerprint density at radius 2 is 0.726 bits per heavy atom. The van der Waals surface area contributed by atoms with Crippen LogP contribution in [0, 0.1) is 0 Å². The second-order valence-electron chi connectivity index (χ2n) is 13.5. The number of carbonyl (C=O) groups excluding carboxylic acids is 10. The van der Waals surface area contributed by atoms with Crippen molar-refractivity contribution >= 4 is 59.3 Å². The molecule has 1 aromatic carbocycles. The van der Waals surface area contributed by atoms with Crippen molar-refractivity contribution in [3.63, 3.8) is 0 Å². The molecule has 1 aliphatic carbocycles. The molecule has 10 unspecified atom stereocenters. The number of fused-ring (bicyclic) bond motifs is 1. The van der Waals surface area contributed by atoms with E-state index in [1.165, 1.54) is 0 Å². The quantitative estimate of drug-likeness (QED) is 0.140. The fraction of sp³-hybridized carbons (Fsp3) is 0.526. The molecule has 2 saturated heterocycles. The lowest BCUT2D eigenvalue weighted by molar-refractivity contribution is -0.304.